The fourth-order valence-electron chi connectivity index (χ4n) is 4.32. The topological polar surface area (TPSA) is 29.3 Å². The Kier molecular flexibility index (Phi) is 3.20. The first-order chi connectivity index (χ1) is 8.15. The highest BCUT2D eigenvalue weighted by Crippen LogP contribution is 2.42. The van der Waals surface area contributed by atoms with Crippen LogP contribution in [0.25, 0.3) is 0 Å². The summed E-state index contributed by atoms with van der Waals surface area (Å²) in [5.74, 6) is 3.63. The van der Waals surface area contributed by atoms with Crippen molar-refractivity contribution in [3.05, 3.63) is 0 Å². The van der Waals surface area contributed by atoms with Gasteiger partial charge in [0.2, 0.25) is 0 Å². The highest BCUT2D eigenvalue weighted by Gasteiger charge is 2.44. The molecule has 2 nitrogen and oxygen atoms in total. The molecule has 0 spiro atoms. The summed E-state index contributed by atoms with van der Waals surface area (Å²) < 4.78 is 0. The van der Waals surface area contributed by atoms with Gasteiger partial charge in [0.05, 0.1) is 0 Å². The van der Waals surface area contributed by atoms with Crippen molar-refractivity contribution in [2.45, 2.75) is 58.0 Å². The molecular weight excluding hydrogens is 208 g/mol. The zero-order valence-electron chi connectivity index (χ0n) is 11.4. The molecule has 0 aromatic heterocycles. The minimum atomic E-state index is 0.500. The quantitative estimate of drug-likeness (QED) is 0.798. The Bertz CT molecular complexity index is 270. The molecule has 2 heteroatoms. The van der Waals surface area contributed by atoms with Gasteiger partial charge < -0.3 is 5.73 Å². The number of hydrogen-bond donors (Lipinski definition) is 1. The summed E-state index contributed by atoms with van der Waals surface area (Å²) in [4.78, 5) is 2.78. The summed E-state index contributed by atoms with van der Waals surface area (Å²) in [7, 11) is 0. The zero-order chi connectivity index (χ0) is 12.0. The van der Waals surface area contributed by atoms with Gasteiger partial charge in [0.1, 0.15) is 0 Å². The normalized spacial score (nSPS) is 46.9. The van der Waals surface area contributed by atoms with Gasteiger partial charge in [-0.25, -0.2) is 0 Å². The van der Waals surface area contributed by atoms with Crippen LogP contribution >= 0.6 is 0 Å². The molecule has 1 aliphatic heterocycles. The number of rotatable bonds is 2. The molecule has 0 radical (unpaired) electrons. The van der Waals surface area contributed by atoms with Gasteiger partial charge in [-0.05, 0) is 49.4 Å². The molecule has 3 fully saturated rings. The molecule has 1 heterocycles. The van der Waals surface area contributed by atoms with Gasteiger partial charge in [-0.1, -0.05) is 20.3 Å². The summed E-state index contributed by atoms with van der Waals surface area (Å²) >= 11 is 0. The first-order valence-electron chi connectivity index (χ1n) is 7.64. The Balaban J connectivity index is 1.54. The minimum absolute atomic E-state index is 0.500. The molecule has 17 heavy (non-hydrogen) atoms. The molecule has 0 bridgehead atoms. The van der Waals surface area contributed by atoms with Crippen LogP contribution in [0.1, 0.15) is 46.0 Å². The van der Waals surface area contributed by atoms with Crippen LogP contribution in [0.4, 0.5) is 0 Å². The standard InChI is InChI=1S/C15H28N2/c1-10(2)12-6-13(7-12)17-8-11-4-3-5-15(16)14(11)9-17/h10-15H,3-9,16H2,1-2H3. The van der Waals surface area contributed by atoms with Crippen LogP contribution in [0.2, 0.25) is 0 Å². The van der Waals surface area contributed by atoms with Gasteiger partial charge in [-0.2, -0.15) is 0 Å². The number of hydrogen-bond acceptors (Lipinski definition) is 2. The van der Waals surface area contributed by atoms with Crippen LogP contribution in [0.15, 0.2) is 0 Å². The summed E-state index contributed by atoms with van der Waals surface area (Å²) in [5.41, 5.74) is 6.29. The Morgan fingerprint density at radius 3 is 2.53 bits per heavy atom. The molecule has 98 valence electrons. The SMILES string of the molecule is CC(C)C1CC(N2CC3CCCC(N)C3C2)C1. The van der Waals surface area contributed by atoms with E-state index in [1.807, 2.05) is 0 Å². The van der Waals surface area contributed by atoms with Gasteiger partial charge >= 0.3 is 0 Å². The van der Waals surface area contributed by atoms with Crippen molar-refractivity contribution in [3.8, 4) is 0 Å². The van der Waals surface area contributed by atoms with Crippen molar-refractivity contribution in [1.82, 2.24) is 4.90 Å². The monoisotopic (exact) mass is 236 g/mol. The van der Waals surface area contributed by atoms with E-state index in [2.05, 4.69) is 18.7 Å². The lowest BCUT2D eigenvalue weighted by atomic mass is 9.73. The van der Waals surface area contributed by atoms with Crippen molar-refractivity contribution in [1.29, 1.82) is 0 Å². The summed E-state index contributed by atoms with van der Waals surface area (Å²) in [6, 6.07) is 1.40. The van der Waals surface area contributed by atoms with E-state index in [4.69, 9.17) is 5.73 Å². The summed E-state index contributed by atoms with van der Waals surface area (Å²) in [6.45, 7) is 7.41. The van der Waals surface area contributed by atoms with E-state index in [-0.39, 0.29) is 0 Å². The van der Waals surface area contributed by atoms with Crippen molar-refractivity contribution < 1.29 is 0 Å². The van der Waals surface area contributed by atoms with Gasteiger partial charge in [0.25, 0.3) is 0 Å². The van der Waals surface area contributed by atoms with E-state index in [1.54, 1.807) is 0 Å². The van der Waals surface area contributed by atoms with E-state index in [0.717, 1.165) is 29.7 Å². The first-order valence-corrected chi connectivity index (χ1v) is 7.64. The van der Waals surface area contributed by atoms with Crippen LogP contribution in [-0.4, -0.2) is 30.1 Å². The van der Waals surface area contributed by atoms with Crippen LogP contribution < -0.4 is 5.73 Å². The Hall–Kier alpha value is -0.0800. The minimum Gasteiger partial charge on any atom is -0.327 e. The Morgan fingerprint density at radius 2 is 1.88 bits per heavy atom. The molecule has 3 rings (SSSR count). The highest BCUT2D eigenvalue weighted by molar-refractivity contribution is 4.98. The largest absolute Gasteiger partial charge is 0.327 e. The second-order valence-corrected chi connectivity index (χ2v) is 7.10. The lowest BCUT2D eigenvalue weighted by molar-refractivity contribution is 0.0685. The predicted octanol–water partition coefficient (Wildman–Crippen LogP) is 2.48. The molecule has 3 aliphatic rings. The molecule has 2 N–H and O–H groups in total. The van der Waals surface area contributed by atoms with E-state index >= 15 is 0 Å². The van der Waals surface area contributed by atoms with Crippen molar-refractivity contribution in [3.63, 3.8) is 0 Å². The highest BCUT2D eigenvalue weighted by atomic mass is 15.2. The van der Waals surface area contributed by atoms with Crippen molar-refractivity contribution in [2.75, 3.05) is 13.1 Å². The molecule has 0 aromatic rings. The van der Waals surface area contributed by atoms with Crippen LogP contribution in [0, 0.1) is 23.7 Å². The zero-order valence-corrected chi connectivity index (χ0v) is 11.4. The summed E-state index contributed by atoms with van der Waals surface area (Å²) in [5, 5.41) is 0. The predicted molar refractivity (Wildman–Crippen MR) is 71.7 cm³/mol. The molecule has 2 aliphatic carbocycles. The number of nitrogens with zero attached hydrogens (tertiary/aromatic N) is 1. The molecule has 2 saturated carbocycles. The average molecular weight is 236 g/mol. The van der Waals surface area contributed by atoms with Gasteiger partial charge in [0.15, 0.2) is 0 Å². The third-order valence-electron chi connectivity index (χ3n) is 5.79. The molecule has 0 amide bonds. The average Bonchev–Trinajstić information content (AvgIpc) is 2.59. The van der Waals surface area contributed by atoms with Crippen molar-refractivity contribution >= 4 is 0 Å². The van der Waals surface area contributed by atoms with E-state index in [0.29, 0.717) is 6.04 Å². The third kappa shape index (κ3) is 2.15. The van der Waals surface area contributed by atoms with E-state index in [1.165, 1.54) is 45.2 Å². The number of fused-ring (bicyclic) bond motifs is 1. The lowest BCUT2D eigenvalue weighted by Crippen LogP contribution is -2.45. The van der Waals surface area contributed by atoms with E-state index in [9.17, 15) is 0 Å². The molecular formula is C15H28N2. The smallest absolute Gasteiger partial charge is 0.0101 e. The lowest BCUT2D eigenvalue weighted by Gasteiger charge is -2.43. The van der Waals surface area contributed by atoms with Gasteiger partial charge in [0, 0.05) is 25.2 Å². The second-order valence-electron chi connectivity index (χ2n) is 7.10. The van der Waals surface area contributed by atoms with Crippen LogP contribution in [-0.2, 0) is 0 Å². The third-order valence-corrected chi connectivity index (χ3v) is 5.79. The number of nitrogens with two attached hydrogens (primary N) is 1. The van der Waals surface area contributed by atoms with Crippen molar-refractivity contribution in [2.24, 2.45) is 29.4 Å². The van der Waals surface area contributed by atoms with Gasteiger partial charge in [-0.3, -0.25) is 4.90 Å². The maximum atomic E-state index is 6.29. The van der Waals surface area contributed by atoms with Crippen LogP contribution in [0.3, 0.4) is 0 Å². The van der Waals surface area contributed by atoms with E-state index < -0.39 is 0 Å². The fraction of sp³-hybridized carbons (Fsp3) is 1.00. The Morgan fingerprint density at radius 1 is 1.12 bits per heavy atom. The molecule has 3 atom stereocenters. The Labute approximate surface area is 106 Å². The maximum Gasteiger partial charge on any atom is 0.0101 e. The first kappa shape index (κ1) is 12.0. The van der Waals surface area contributed by atoms with Gasteiger partial charge in [-0.15, -0.1) is 0 Å². The fourth-order valence-corrected chi connectivity index (χ4v) is 4.32. The van der Waals surface area contributed by atoms with Crippen LogP contribution in [0.5, 0.6) is 0 Å². The molecule has 1 saturated heterocycles. The number of likely N-dealkylation sites (tertiary alicyclic amines) is 1. The molecule has 0 aromatic carbocycles. The summed E-state index contributed by atoms with van der Waals surface area (Å²) in [6.07, 6.45) is 6.98. The maximum absolute atomic E-state index is 6.29. The molecule has 3 unspecified atom stereocenters. The second kappa shape index (κ2) is 4.55.